The summed E-state index contributed by atoms with van der Waals surface area (Å²) in [7, 11) is 0. The van der Waals surface area contributed by atoms with Crippen LogP contribution in [0.3, 0.4) is 0 Å². The van der Waals surface area contributed by atoms with E-state index in [0.717, 1.165) is 10.5 Å². The normalized spacial score (nSPS) is 17.2. The number of aliphatic carboxylic acids is 1. The van der Waals surface area contributed by atoms with Crippen molar-refractivity contribution in [3.63, 3.8) is 0 Å². The Morgan fingerprint density at radius 1 is 1.20 bits per heavy atom. The molecule has 0 aromatic heterocycles. The van der Waals surface area contributed by atoms with Gasteiger partial charge in [0.25, 0.3) is 0 Å². The van der Waals surface area contributed by atoms with Crippen molar-refractivity contribution in [2.75, 3.05) is 13.1 Å². The molecule has 2 amide bonds. The van der Waals surface area contributed by atoms with E-state index in [1.807, 2.05) is 30.3 Å². The predicted molar refractivity (Wildman–Crippen MR) is 70.7 cm³/mol. The van der Waals surface area contributed by atoms with E-state index < -0.39 is 23.8 Å². The third-order valence-electron chi connectivity index (χ3n) is 3.38. The molecule has 0 unspecified atom stereocenters. The number of hydrogen-bond acceptors (Lipinski definition) is 3. The van der Waals surface area contributed by atoms with Gasteiger partial charge in [-0.15, -0.1) is 0 Å². The van der Waals surface area contributed by atoms with Crippen LogP contribution < -0.4 is 0 Å². The van der Waals surface area contributed by atoms with Gasteiger partial charge in [0, 0.05) is 19.6 Å². The zero-order valence-electron chi connectivity index (χ0n) is 11.2. The number of hydrogen-bond donors (Lipinski definition) is 1. The molecule has 1 saturated heterocycles. The highest BCUT2D eigenvalue weighted by Gasteiger charge is 2.37. The summed E-state index contributed by atoms with van der Waals surface area (Å²) in [5.74, 6) is -2.50. The van der Waals surface area contributed by atoms with Crippen LogP contribution in [0.1, 0.15) is 12.5 Å². The van der Waals surface area contributed by atoms with Crippen molar-refractivity contribution in [2.45, 2.75) is 19.5 Å². The average molecular weight is 276 g/mol. The molecule has 1 heterocycles. The number of carboxylic acids is 1. The summed E-state index contributed by atoms with van der Waals surface area (Å²) in [5, 5.41) is 8.92. The molecular formula is C14H16N2O4. The summed E-state index contributed by atoms with van der Waals surface area (Å²) < 4.78 is 0. The molecule has 1 N–H and O–H groups in total. The number of amides is 2. The lowest BCUT2D eigenvalue weighted by molar-refractivity contribution is -0.162. The Kier molecular flexibility index (Phi) is 4.02. The van der Waals surface area contributed by atoms with Crippen LogP contribution in [0, 0.1) is 0 Å². The zero-order valence-corrected chi connectivity index (χ0v) is 11.2. The lowest BCUT2D eigenvalue weighted by Gasteiger charge is -2.35. The smallest absolute Gasteiger partial charge is 0.326 e. The Labute approximate surface area is 116 Å². The molecule has 20 heavy (non-hydrogen) atoms. The summed E-state index contributed by atoms with van der Waals surface area (Å²) in [6, 6.07) is 8.39. The Morgan fingerprint density at radius 2 is 1.85 bits per heavy atom. The number of nitrogens with zero attached hydrogens (tertiary/aromatic N) is 2. The van der Waals surface area contributed by atoms with Crippen molar-refractivity contribution in [3.05, 3.63) is 35.9 Å². The van der Waals surface area contributed by atoms with Gasteiger partial charge >= 0.3 is 17.8 Å². The molecule has 6 nitrogen and oxygen atoms in total. The fourth-order valence-corrected chi connectivity index (χ4v) is 2.15. The quantitative estimate of drug-likeness (QED) is 0.804. The van der Waals surface area contributed by atoms with Gasteiger partial charge in [-0.3, -0.25) is 9.59 Å². The highest BCUT2D eigenvalue weighted by atomic mass is 16.4. The highest BCUT2D eigenvalue weighted by Crippen LogP contribution is 2.13. The van der Waals surface area contributed by atoms with Gasteiger partial charge in [-0.25, -0.2) is 4.79 Å². The van der Waals surface area contributed by atoms with Crippen LogP contribution >= 0.6 is 0 Å². The fourth-order valence-electron chi connectivity index (χ4n) is 2.15. The molecule has 106 valence electrons. The van der Waals surface area contributed by atoms with Crippen LogP contribution in [0.15, 0.2) is 30.3 Å². The van der Waals surface area contributed by atoms with Gasteiger partial charge in [-0.2, -0.15) is 0 Å². The number of carbonyl (C=O) groups is 3. The van der Waals surface area contributed by atoms with Gasteiger partial charge in [0.05, 0.1) is 0 Å². The first-order chi connectivity index (χ1) is 9.50. The molecule has 1 fully saturated rings. The van der Waals surface area contributed by atoms with Crippen molar-refractivity contribution >= 4 is 17.8 Å². The largest absolute Gasteiger partial charge is 0.480 e. The van der Waals surface area contributed by atoms with E-state index in [1.165, 1.54) is 11.8 Å². The molecule has 1 atom stereocenters. The number of piperazine rings is 1. The number of carboxylic acid groups (broad SMARTS) is 1. The molecule has 0 bridgehead atoms. The van der Waals surface area contributed by atoms with Crippen LogP contribution in [0.2, 0.25) is 0 Å². The second-order valence-corrected chi connectivity index (χ2v) is 4.73. The molecule has 0 aliphatic carbocycles. The van der Waals surface area contributed by atoms with Gasteiger partial charge in [0.1, 0.15) is 6.04 Å². The lowest BCUT2D eigenvalue weighted by Crippen LogP contribution is -2.57. The van der Waals surface area contributed by atoms with E-state index in [2.05, 4.69) is 0 Å². The maximum atomic E-state index is 12.0. The van der Waals surface area contributed by atoms with Crippen LogP contribution in [-0.4, -0.2) is 51.8 Å². The summed E-state index contributed by atoms with van der Waals surface area (Å²) in [5.41, 5.74) is 0.938. The first kappa shape index (κ1) is 14.0. The van der Waals surface area contributed by atoms with Gasteiger partial charge in [-0.05, 0) is 12.5 Å². The second kappa shape index (κ2) is 5.73. The molecule has 1 aromatic carbocycles. The second-order valence-electron chi connectivity index (χ2n) is 4.73. The molecular weight excluding hydrogens is 260 g/mol. The van der Waals surface area contributed by atoms with E-state index in [1.54, 1.807) is 0 Å². The van der Waals surface area contributed by atoms with Crippen molar-refractivity contribution in [1.29, 1.82) is 0 Å². The van der Waals surface area contributed by atoms with Gasteiger partial charge in [0.15, 0.2) is 0 Å². The first-order valence-corrected chi connectivity index (χ1v) is 6.37. The van der Waals surface area contributed by atoms with E-state index >= 15 is 0 Å². The van der Waals surface area contributed by atoms with Crippen LogP contribution in [0.4, 0.5) is 0 Å². The van der Waals surface area contributed by atoms with Crippen molar-refractivity contribution in [2.24, 2.45) is 0 Å². The van der Waals surface area contributed by atoms with Gasteiger partial charge in [-0.1, -0.05) is 30.3 Å². The monoisotopic (exact) mass is 276 g/mol. The van der Waals surface area contributed by atoms with Crippen molar-refractivity contribution < 1.29 is 19.5 Å². The first-order valence-electron chi connectivity index (χ1n) is 6.37. The van der Waals surface area contributed by atoms with Gasteiger partial charge in [0.2, 0.25) is 0 Å². The average Bonchev–Trinajstić information content (AvgIpc) is 2.44. The molecule has 1 aliphatic heterocycles. The summed E-state index contributed by atoms with van der Waals surface area (Å²) in [6.07, 6.45) is 0. The predicted octanol–water partition coefficient (Wildman–Crippen LogP) is 0.330. The SMILES string of the molecule is C[C@@H](C(=O)O)N1CCN(Cc2ccccc2)C(=O)C1=O. The molecule has 1 aliphatic rings. The third kappa shape index (κ3) is 2.79. The fraction of sp³-hybridized carbons (Fsp3) is 0.357. The Bertz CT molecular complexity index is 529. The maximum Gasteiger partial charge on any atom is 0.326 e. The topological polar surface area (TPSA) is 77.9 Å². The highest BCUT2D eigenvalue weighted by molar-refractivity contribution is 6.35. The summed E-state index contributed by atoms with van der Waals surface area (Å²) >= 11 is 0. The van der Waals surface area contributed by atoms with E-state index in [4.69, 9.17) is 5.11 Å². The number of benzene rings is 1. The third-order valence-corrected chi connectivity index (χ3v) is 3.38. The Morgan fingerprint density at radius 3 is 2.45 bits per heavy atom. The van der Waals surface area contributed by atoms with Crippen molar-refractivity contribution in [3.8, 4) is 0 Å². The zero-order chi connectivity index (χ0) is 14.7. The maximum absolute atomic E-state index is 12.0. The minimum Gasteiger partial charge on any atom is -0.480 e. The molecule has 0 spiro atoms. The van der Waals surface area contributed by atoms with Crippen LogP contribution in [0.25, 0.3) is 0 Å². The van der Waals surface area contributed by atoms with Gasteiger partial charge < -0.3 is 14.9 Å². The van der Waals surface area contributed by atoms with Crippen molar-refractivity contribution in [1.82, 2.24) is 9.80 Å². The number of carbonyl (C=O) groups excluding carboxylic acids is 2. The Hall–Kier alpha value is -2.37. The summed E-state index contributed by atoms with van der Waals surface area (Å²) in [4.78, 5) is 37.4. The minimum absolute atomic E-state index is 0.241. The molecule has 1 aromatic rings. The molecule has 0 saturated carbocycles. The Balaban J connectivity index is 2.06. The standard InChI is InChI=1S/C14H16N2O4/c1-10(14(19)20)16-8-7-15(12(17)13(16)18)9-11-5-3-2-4-6-11/h2-6,10H,7-9H2,1H3,(H,19,20)/t10-/m0/s1. The molecule has 6 heteroatoms. The van der Waals surface area contributed by atoms with E-state index in [-0.39, 0.29) is 6.54 Å². The van der Waals surface area contributed by atoms with E-state index in [0.29, 0.717) is 13.1 Å². The van der Waals surface area contributed by atoms with Crippen LogP contribution in [-0.2, 0) is 20.9 Å². The molecule has 2 rings (SSSR count). The summed E-state index contributed by atoms with van der Waals surface area (Å²) in [6.45, 7) is 2.35. The molecule has 0 radical (unpaired) electrons. The van der Waals surface area contributed by atoms with E-state index in [9.17, 15) is 14.4 Å². The minimum atomic E-state index is -1.11. The number of rotatable bonds is 4. The van der Waals surface area contributed by atoms with Crippen LogP contribution in [0.5, 0.6) is 0 Å². The lowest BCUT2D eigenvalue weighted by atomic mass is 10.1.